The van der Waals surface area contributed by atoms with Gasteiger partial charge in [-0.15, -0.1) is 0 Å². The Morgan fingerprint density at radius 2 is 1.77 bits per heavy atom. The molecule has 2 aromatic rings. The molecule has 0 unspecified atom stereocenters. The predicted molar refractivity (Wildman–Crippen MR) is 119 cm³/mol. The predicted octanol–water partition coefficient (Wildman–Crippen LogP) is 1.92. The van der Waals surface area contributed by atoms with Gasteiger partial charge in [0.2, 0.25) is 5.91 Å². The quantitative estimate of drug-likeness (QED) is 0.643. The molecule has 2 heterocycles. The van der Waals surface area contributed by atoms with Gasteiger partial charge in [0, 0.05) is 64.7 Å². The average Bonchev–Trinajstić information content (AvgIpc) is 2.79. The highest BCUT2D eigenvalue weighted by Crippen LogP contribution is 2.21. The molecule has 166 valence electrons. The van der Waals surface area contributed by atoms with E-state index >= 15 is 0 Å². The normalized spacial score (nSPS) is 13.9. The van der Waals surface area contributed by atoms with Gasteiger partial charge in [0.15, 0.2) is 0 Å². The van der Waals surface area contributed by atoms with Crippen molar-refractivity contribution in [3.63, 3.8) is 0 Å². The molecule has 3 rings (SSSR count). The first-order chi connectivity index (χ1) is 15.0. The van der Waals surface area contributed by atoms with Gasteiger partial charge in [-0.1, -0.05) is 18.2 Å². The maximum atomic E-state index is 12.8. The second-order valence-electron chi connectivity index (χ2n) is 7.73. The van der Waals surface area contributed by atoms with Gasteiger partial charge in [0.05, 0.1) is 18.5 Å². The lowest BCUT2D eigenvalue weighted by atomic mass is 10.1. The van der Waals surface area contributed by atoms with E-state index in [-0.39, 0.29) is 23.9 Å². The van der Waals surface area contributed by atoms with Crippen molar-refractivity contribution < 1.29 is 14.3 Å². The second kappa shape index (κ2) is 10.9. The molecule has 0 bridgehead atoms. The van der Waals surface area contributed by atoms with E-state index in [9.17, 15) is 9.59 Å². The molecule has 2 amide bonds. The molecule has 1 aromatic carbocycles. The molecule has 0 saturated carbocycles. The zero-order chi connectivity index (χ0) is 22.2. The Kier molecular flexibility index (Phi) is 7.94. The molecule has 31 heavy (non-hydrogen) atoms. The van der Waals surface area contributed by atoms with Crippen LogP contribution in [0, 0.1) is 13.8 Å². The number of methoxy groups -OCH3 is 1. The molecule has 8 heteroatoms. The van der Waals surface area contributed by atoms with Crippen molar-refractivity contribution in [3.8, 4) is 0 Å². The van der Waals surface area contributed by atoms with Crippen LogP contribution in [0.4, 0.5) is 5.69 Å². The number of aryl methyl sites for hydroxylation is 2. The lowest BCUT2D eigenvalue weighted by Crippen LogP contribution is -2.49. The minimum Gasteiger partial charge on any atom is -0.383 e. The van der Waals surface area contributed by atoms with Gasteiger partial charge in [-0.25, -0.2) is 4.98 Å². The molecule has 0 atom stereocenters. The SMILES string of the molecule is COCCN(CCC(=O)N1CCN(c2ccccc2C)CC1)C(=O)c1cnc(C)cn1. The van der Waals surface area contributed by atoms with Crippen molar-refractivity contribution >= 4 is 17.5 Å². The van der Waals surface area contributed by atoms with E-state index in [1.807, 2.05) is 24.0 Å². The topological polar surface area (TPSA) is 78.9 Å². The van der Waals surface area contributed by atoms with Crippen molar-refractivity contribution in [1.29, 1.82) is 0 Å². The maximum absolute atomic E-state index is 12.8. The van der Waals surface area contributed by atoms with E-state index in [0.29, 0.717) is 32.8 Å². The number of hydrogen-bond donors (Lipinski definition) is 0. The minimum atomic E-state index is -0.235. The Morgan fingerprint density at radius 1 is 1.03 bits per heavy atom. The number of piperazine rings is 1. The Balaban J connectivity index is 1.54. The standard InChI is InChI=1S/C23H31N5O3/c1-18-6-4-5-7-21(18)26-10-12-27(13-11-26)22(29)8-9-28(14-15-31-3)23(30)20-17-24-19(2)16-25-20/h4-7,16-17H,8-15H2,1-3H3. The molecule has 1 fully saturated rings. The molecule has 8 nitrogen and oxygen atoms in total. The molecule has 1 aliphatic rings. The number of carbonyl (C=O) groups excluding carboxylic acids is 2. The Morgan fingerprint density at radius 3 is 2.42 bits per heavy atom. The van der Waals surface area contributed by atoms with Crippen LogP contribution < -0.4 is 4.90 Å². The number of anilines is 1. The van der Waals surface area contributed by atoms with Gasteiger partial charge in [0.1, 0.15) is 5.69 Å². The number of rotatable bonds is 8. The molecular formula is C23H31N5O3. The van der Waals surface area contributed by atoms with Crippen LogP contribution in [-0.2, 0) is 9.53 Å². The van der Waals surface area contributed by atoms with E-state index in [1.165, 1.54) is 17.4 Å². The third kappa shape index (κ3) is 6.01. The Labute approximate surface area is 183 Å². The van der Waals surface area contributed by atoms with E-state index in [2.05, 4.69) is 33.9 Å². The van der Waals surface area contributed by atoms with Crippen molar-refractivity contribution in [2.45, 2.75) is 20.3 Å². The van der Waals surface area contributed by atoms with Gasteiger partial charge in [-0.05, 0) is 25.5 Å². The summed E-state index contributed by atoms with van der Waals surface area (Å²) in [5.41, 5.74) is 3.50. The lowest BCUT2D eigenvalue weighted by Gasteiger charge is -2.37. The Bertz CT molecular complexity index is 879. The summed E-state index contributed by atoms with van der Waals surface area (Å²) in [5.74, 6) is -0.170. The summed E-state index contributed by atoms with van der Waals surface area (Å²) in [6, 6.07) is 8.32. The monoisotopic (exact) mass is 425 g/mol. The van der Waals surface area contributed by atoms with E-state index in [1.54, 1.807) is 18.2 Å². The van der Waals surface area contributed by atoms with Gasteiger partial charge in [-0.2, -0.15) is 0 Å². The molecule has 0 spiro atoms. The largest absolute Gasteiger partial charge is 0.383 e. The average molecular weight is 426 g/mol. The zero-order valence-electron chi connectivity index (χ0n) is 18.6. The zero-order valence-corrected chi connectivity index (χ0v) is 18.6. The van der Waals surface area contributed by atoms with Crippen LogP contribution in [0.5, 0.6) is 0 Å². The lowest BCUT2D eigenvalue weighted by molar-refractivity contribution is -0.131. The summed E-state index contributed by atoms with van der Waals surface area (Å²) in [4.78, 5) is 39.8. The third-order valence-corrected chi connectivity index (χ3v) is 5.54. The Hall–Kier alpha value is -3.00. The number of carbonyl (C=O) groups is 2. The fraction of sp³-hybridized carbons (Fsp3) is 0.478. The summed E-state index contributed by atoms with van der Waals surface area (Å²) in [5, 5.41) is 0. The fourth-order valence-electron chi connectivity index (χ4n) is 3.69. The number of para-hydroxylation sites is 1. The molecule has 0 aliphatic carbocycles. The first-order valence-electron chi connectivity index (χ1n) is 10.6. The van der Waals surface area contributed by atoms with Crippen molar-refractivity contribution in [2.75, 3.05) is 57.9 Å². The van der Waals surface area contributed by atoms with Crippen LogP contribution in [0.25, 0.3) is 0 Å². The van der Waals surface area contributed by atoms with Gasteiger partial charge < -0.3 is 19.4 Å². The van der Waals surface area contributed by atoms with Crippen LogP contribution in [-0.4, -0.2) is 84.6 Å². The van der Waals surface area contributed by atoms with Crippen LogP contribution >= 0.6 is 0 Å². The van der Waals surface area contributed by atoms with Gasteiger partial charge >= 0.3 is 0 Å². The van der Waals surface area contributed by atoms with Crippen molar-refractivity contribution in [3.05, 3.63) is 53.6 Å². The number of nitrogens with zero attached hydrogens (tertiary/aromatic N) is 5. The first-order valence-corrected chi connectivity index (χ1v) is 10.6. The minimum absolute atomic E-state index is 0.0645. The van der Waals surface area contributed by atoms with Crippen LogP contribution in [0.15, 0.2) is 36.7 Å². The maximum Gasteiger partial charge on any atom is 0.274 e. The smallest absolute Gasteiger partial charge is 0.274 e. The molecule has 0 N–H and O–H groups in total. The third-order valence-electron chi connectivity index (χ3n) is 5.54. The summed E-state index contributed by atoms with van der Waals surface area (Å²) < 4.78 is 5.13. The highest BCUT2D eigenvalue weighted by molar-refractivity contribution is 5.92. The van der Waals surface area contributed by atoms with E-state index < -0.39 is 0 Å². The van der Waals surface area contributed by atoms with E-state index in [0.717, 1.165) is 18.8 Å². The first kappa shape index (κ1) is 22.7. The van der Waals surface area contributed by atoms with Crippen LogP contribution in [0.3, 0.4) is 0 Å². The number of amides is 2. The van der Waals surface area contributed by atoms with Crippen LogP contribution in [0.2, 0.25) is 0 Å². The summed E-state index contributed by atoms with van der Waals surface area (Å²) in [7, 11) is 1.59. The molecule has 1 aliphatic heterocycles. The molecule has 0 radical (unpaired) electrons. The van der Waals surface area contributed by atoms with Gasteiger partial charge in [-0.3, -0.25) is 14.6 Å². The highest BCUT2D eigenvalue weighted by Gasteiger charge is 2.24. The van der Waals surface area contributed by atoms with Crippen molar-refractivity contribution in [1.82, 2.24) is 19.8 Å². The van der Waals surface area contributed by atoms with Crippen LogP contribution in [0.1, 0.15) is 28.2 Å². The molecule has 1 aromatic heterocycles. The number of ether oxygens (including phenoxy) is 1. The number of benzene rings is 1. The molecule has 1 saturated heterocycles. The summed E-state index contributed by atoms with van der Waals surface area (Å²) >= 11 is 0. The highest BCUT2D eigenvalue weighted by atomic mass is 16.5. The van der Waals surface area contributed by atoms with E-state index in [4.69, 9.17) is 4.74 Å². The summed E-state index contributed by atoms with van der Waals surface area (Å²) in [6.45, 7) is 8.04. The molecular weight excluding hydrogens is 394 g/mol. The number of aromatic nitrogens is 2. The summed E-state index contributed by atoms with van der Waals surface area (Å²) in [6.07, 6.45) is 3.32. The fourth-order valence-corrected chi connectivity index (χ4v) is 3.69. The van der Waals surface area contributed by atoms with Gasteiger partial charge in [0.25, 0.3) is 5.91 Å². The van der Waals surface area contributed by atoms with Crippen molar-refractivity contribution in [2.24, 2.45) is 0 Å². The second-order valence-corrected chi connectivity index (χ2v) is 7.73. The number of hydrogen-bond acceptors (Lipinski definition) is 6.